The van der Waals surface area contributed by atoms with E-state index >= 15 is 0 Å². The summed E-state index contributed by atoms with van der Waals surface area (Å²) in [6.07, 6.45) is 0.280. The van der Waals surface area contributed by atoms with Crippen LogP contribution < -0.4 is 5.32 Å². The summed E-state index contributed by atoms with van der Waals surface area (Å²) >= 11 is 0. The zero-order chi connectivity index (χ0) is 21.2. The second kappa shape index (κ2) is 8.34. The van der Waals surface area contributed by atoms with E-state index in [1.54, 1.807) is 0 Å². The SMILES string of the molecule is CCC(C)NC(=O)C1COC2(CCCCC2)N1C(=O)c1ccc(C(F)(F)F)cc1. The molecule has 8 heteroatoms. The first-order valence-electron chi connectivity index (χ1n) is 10.1. The molecular weight excluding hydrogens is 385 g/mol. The molecule has 2 atom stereocenters. The van der Waals surface area contributed by atoms with Crippen LogP contribution in [0.2, 0.25) is 0 Å². The van der Waals surface area contributed by atoms with Crippen molar-refractivity contribution in [3.8, 4) is 0 Å². The van der Waals surface area contributed by atoms with E-state index in [4.69, 9.17) is 4.74 Å². The molecule has 5 nitrogen and oxygen atoms in total. The van der Waals surface area contributed by atoms with Crippen LogP contribution in [0.5, 0.6) is 0 Å². The Balaban J connectivity index is 1.90. The lowest BCUT2D eigenvalue weighted by molar-refractivity contribution is -0.137. The molecule has 1 N–H and O–H groups in total. The summed E-state index contributed by atoms with van der Waals surface area (Å²) < 4.78 is 44.6. The standard InChI is InChI=1S/C21H27F3N2O3/c1-3-14(2)25-18(27)17-13-29-20(11-5-4-6-12-20)26(17)19(28)15-7-9-16(10-8-15)21(22,23)24/h7-10,14,17H,3-6,11-13H2,1-2H3,(H,25,27). The van der Waals surface area contributed by atoms with Gasteiger partial charge in [0, 0.05) is 11.6 Å². The highest BCUT2D eigenvalue weighted by molar-refractivity contribution is 5.98. The molecule has 1 aromatic rings. The van der Waals surface area contributed by atoms with Gasteiger partial charge in [-0.05, 0) is 63.3 Å². The maximum Gasteiger partial charge on any atom is 0.416 e. The minimum absolute atomic E-state index is 0.0478. The summed E-state index contributed by atoms with van der Waals surface area (Å²) in [6.45, 7) is 3.92. The Labute approximate surface area is 168 Å². The van der Waals surface area contributed by atoms with Crippen LogP contribution in [0.1, 0.15) is 68.3 Å². The third kappa shape index (κ3) is 4.42. The molecule has 0 radical (unpaired) electrons. The smallest absolute Gasteiger partial charge is 0.353 e. The Bertz CT molecular complexity index is 743. The molecule has 1 heterocycles. The quantitative estimate of drug-likeness (QED) is 0.809. The Morgan fingerprint density at radius 3 is 2.38 bits per heavy atom. The number of amides is 2. The van der Waals surface area contributed by atoms with Crippen LogP contribution in [0.4, 0.5) is 13.2 Å². The lowest BCUT2D eigenvalue weighted by atomic mass is 9.89. The molecule has 3 rings (SSSR count). The zero-order valence-corrected chi connectivity index (χ0v) is 16.7. The number of carbonyl (C=O) groups is 2. The van der Waals surface area contributed by atoms with Crippen molar-refractivity contribution < 1.29 is 27.5 Å². The third-order valence-electron chi connectivity index (χ3n) is 5.88. The molecule has 0 bridgehead atoms. The van der Waals surface area contributed by atoms with Crippen molar-refractivity contribution in [2.24, 2.45) is 0 Å². The van der Waals surface area contributed by atoms with Gasteiger partial charge in [0.05, 0.1) is 12.2 Å². The molecule has 1 spiro atoms. The predicted octanol–water partition coefficient (Wildman–Crippen LogP) is 4.12. The molecule has 2 aliphatic rings. The lowest BCUT2D eigenvalue weighted by Gasteiger charge is -2.41. The molecule has 160 valence electrons. The van der Waals surface area contributed by atoms with Gasteiger partial charge in [0.1, 0.15) is 11.8 Å². The Kier molecular flexibility index (Phi) is 6.22. The fraction of sp³-hybridized carbons (Fsp3) is 0.619. The van der Waals surface area contributed by atoms with E-state index in [0.717, 1.165) is 37.8 Å². The van der Waals surface area contributed by atoms with Gasteiger partial charge in [-0.1, -0.05) is 13.3 Å². The molecule has 2 amide bonds. The van der Waals surface area contributed by atoms with Crippen molar-refractivity contribution in [2.45, 2.75) is 76.4 Å². The van der Waals surface area contributed by atoms with E-state index in [2.05, 4.69) is 5.32 Å². The van der Waals surface area contributed by atoms with Gasteiger partial charge in [-0.25, -0.2) is 0 Å². The topological polar surface area (TPSA) is 58.6 Å². The van der Waals surface area contributed by atoms with E-state index in [9.17, 15) is 22.8 Å². The van der Waals surface area contributed by atoms with Crippen LogP contribution in [0.25, 0.3) is 0 Å². The molecule has 2 fully saturated rings. The highest BCUT2D eigenvalue weighted by atomic mass is 19.4. The highest BCUT2D eigenvalue weighted by Crippen LogP contribution is 2.41. The first-order chi connectivity index (χ1) is 13.7. The molecule has 29 heavy (non-hydrogen) atoms. The van der Waals surface area contributed by atoms with Gasteiger partial charge in [-0.2, -0.15) is 13.2 Å². The molecule has 1 saturated heterocycles. The summed E-state index contributed by atoms with van der Waals surface area (Å²) in [7, 11) is 0. The third-order valence-corrected chi connectivity index (χ3v) is 5.88. The van der Waals surface area contributed by atoms with Gasteiger partial charge < -0.3 is 10.1 Å². The van der Waals surface area contributed by atoms with E-state index < -0.39 is 29.4 Å². The van der Waals surface area contributed by atoms with Crippen molar-refractivity contribution >= 4 is 11.8 Å². The Morgan fingerprint density at radius 1 is 1.21 bits per heavy atom. The van der Waals surface area contributed by atoms with Crippen LogP contribution in [0.15, 0.2) is 24.3 Å². The van der Waals surface area contributed by atoms with Crippen LogP contribution in [-0.4, -0.2) is 41.1 Å². The highest BCUT2D eigenvalue weighted by Gasteiger charge is 2.53. The molecule has 1 saturated carbocycles. The number of nitrogens with zero attached hydrogens (tertiary/aromatic N) is 1. The number of hydrogen-bond acceptors (Lipinski definition) is 3. The van der Waals surface area contributed by atoms with E-state index in [1.807, 2.05) is 13.8 Å². The van der Waals surface area contributed by atoms with E-state index in [1.165, 1.54) is 17.0 Å². The van der Waals surface area contributed by atoms with Crippen molar-refractivity contribution in [3.63, 3.8) is 0 Å². The number of ether oxygens (including phenoxy) is 1. The number of benzene rings is 1. The summed E-state index contributed by atoms with van der Waals surface area (Å²) in [5.41, 5.74) is -1.56. The fourth-order valence-electron chi connectivity index (χ4n) is 4.05. The van der Waals surface area contributed by atoms with Crippen LogP contribution in [0, 0.1) is 0 Å². The minimum Gasteiger partial charge on any atom is -0.353 e. The Hall–Kier alpha value is -2.09. The normalized spacial score (nSPS) is 22.5. The van der Waals surface area contributed by atoms with E-state index in [-0.39, 0.29) is 24.1 Å². The van der Waals surface area contributed by atoms with Gasteiger partial charge in [-0.15, -0.1) is 0 Å². The van der Waals surface area contributed by atoms with Gasteiger partial charge in [0.2, 0.25) is 5.91 Å². The Morgan fingerprint density at radius 2 is 1.83 bits per heavy atom. The molecular formula is C21H27F3N2O3. The van der Waals surface area contributed by atoms with Gasteiger partial charge >= 0.3 is 6.18 Å². The number of rotatable bonds is 4. The zero-order valence-electron chi connectivity index (χ0n) is 16.7. The van der Waals surface area contributed by atoms with Crippen molar-refractivity contribution in [3.05, 3.63) is 35.4 Å². The lowest BCUT2D eigenvalue weighted by Crippen LogP contribution is -2.57. The van der Waals surface area contributed by atoms with Gasteiger partial charge in [-0.3, -0.25) is 14.5 Å². The average Bonchev–Trinajstić information content (AvgIpc) is 3.05. The van der Waals surface area contributed by atoms with Crippen molar-refractivity contribution in [2.75, 3.05) is 6.61 Å². The molecule has 1 aliphatic carbocycles. The molecule has 0 aromatic heterocycles. The summed E-state index contributed by atoms with van der Waals surface area (Å²) in [6, 6.07) is 3.29. The first-order valence-corrected chi connectivity index (χ1v) is 10.1. The number of halogens is 3. The maximum atomic E-state index is 13.3. The number of nitrogens with one attached hydrogen (secondary N) is 1. The van der Waals surface area contributed by atoms with Crippen LogP contribution in [-0.2, 0) is 15.7 Å². The second-order valence-electron chi connectivity index (χ2n) is 7.90. The molecule has 2 unspecified atom stereocenters. The van der Waals surface area contributed by atoms with Gasteiger partial charge in [0.15, 0.2) is 0 Å². The summed E-state index contributed by atoms with van der Waals surface area (Å²) in [4.78, 5) is 27.7. The summed E-state index contributed by atoms with van der Waals surface area (Å²) in [5, 5.41) is 2.90. The minimum atomic E-state index is -4.47. The van der Waals surface area contributed by atoms with Crippen LogP contribution >= 0.6 is 0 Å². The van der Waals surface area contributed by atoms with Crippen molar-refractivity contribution in [1.29, 1.82) is 0 Å². The fourth-order valence-corrected chi connectivity index (χ4v) is 4.05. The van der Waals surface area contributed by atoms with Gasteiger partial charge in [0.25, 0.3) is 5.91 Å². The maximum absolute atomic E-state index is 13.3. The number of hydrogen-bond donors (Lipinski definition) is 1. The number of carbonyl (C=O) groups excluding carboxylic acids is 2. The van der Waals surface area contributed by atoms with Crippen LogP contribution in [0.3, 0.4) is 0 Å². The second-order valence-corrected chi connectivity index (χ2v) is 7.90. The average molecular weight is 412 g/mol. The first kappa shape index (κ1) is 21.6. The van der Waals surface area contributed by atoms with Crippen molar-refractivity contribution in [1.82, 2.24) is 10.2 Å². The predicted molar refractivity (Wildman–Crippen MR) is 101 cm³/mol. The molecule has 1 aliphatic heterocycles. The largest absolute Gasteiger partial charge is 0.416 e. The summed E-state index contributed by atoms with van der Waals surface area (Å²) in [5.74, 6) is -0.760. The monoisotopic (exact) mass is 412 g/mol. The molecule has 1 aromatic carbocycles. The van der Waals surface area contributed by atoms with E-state index in [0.29, 0.717) is 12.8 Å². The number of alkyl halides is 3.